The predicted octanol–water partition coefficient (Wildman–Crippen LogP) is 3.50. The van der Waals surface area contributed by atoms with Crippen molar-refractivity contribution in [3.05, 3.63) is 29.8 Å². The normalized spacial score (nSPS) is 28.9. The topological polar surface area (TPSA) is 66.5 Å². The number of carbonyl (C=O) groups excluding carboxylic acids is 3. The molecule has 2 fully saturated rings. The van der Waals surface area contributed by atoms with Gasteiger partial charge in [0.1, 0.15) is 0 Å². The highest BCUT2D eigenvalue weighted by Gasteiger charge is 2.41. The van der Waals surface area contributed by atoms with Crippen molar-refractivity contribution in [1.82, 2.24) is 4.90 Å². The van der Waals surface area contributed by atoms with Gasteiger partial charge in [0.25, 0.3) is 0 Å². The maximum atomic E-state index is 12.6. The molecule has 1 saturated carbocycles. The number of rotatable bonds is 4. The molecule has 0 aromatic heterocycles. The summed E-state index contributed by atoms with van der Waals surface area (Å²) in [6, 6.07) is 7.13. The minimum absolute atomic E-state index is 0.00395. The van der Waals surface area contributed by atoms with Crippen molar-refractivity contribution < 1.29 is 14.4 Å². The molecule has 0 spiro atoms. The van der Waals surface area contributed by atoms with Crippen molar-refractivity contribution in [1.29, 1.82) is 0 Å². The van der Waals surface area contributed by atoms with E-state index in [9.17, 15) is 14.4 Å². The molecule has 5 heteroatoms. The molecular formula is C21H28N2O3. The minimum Gasteiger partial charge on any atom is -0.339 e. The maximum Gasteiger partial charge on any atom is 0.229 e. The number of amides is 2. The van der Waals surface area contributed by atoms with Gasteiger partial charge in [0.2, 0.25) is 11.8 Å². The van der Waals surface area contributed by atoms with Crippen molar-refractivity contribution in [3.8, 4) is 0 Å². The lowest BCUT2D eigenvalue weighted by Crippen LogP contribution is -2.45. The Kier molecular flexibility index (Phi) is 5.44. The zero-order valence-corrected chi connectivity index (χ0v) is 15.8. The third-order valence-electron chi connectivity index (χ3n) is 6.15. The van der Waals surface area contributed by atoms with Crippen LogP contribution in [0.5, 0.6) is 0 Å². The Morgan fingerprint density at radius 3 is 2.46 bits per heavy atom. The van der Waals surface area contributed by atoms with Crippen LogP contribution in [-0.2, 0) is 9.59 Å². The Hall–Kier alpha value is -2.17. The van der Waals surface area contributed by atoms with E-state index in [2.05, 4.69) is 19.2 Å². The van der Waals surface area contributed by atoms with Crippen molar-refractivity contribution in [2.24, 2.45) is 17.8 Å². The number of carbonyl (C=O) groups is 3. The van der Waals surface area contributed by atoms with E-state index in [0.29, 0.717) is 29.6 Å². The lowest BCUT2D eigenvalue weighted by atomic mass is 9.77. The van der Waals surface area contributed by atoms with Crippen molar-refractivity contribution in [2.45, 2.75) is 52.5 Å². The monoisotopic (exact) mass is 356 g/mol. The van der Waals surface area contributed by atoms with Crippen LogP contribution in [0.3, 0.4) is 0 Å². The second kappa shape index (κ2) is 7.60. The van der Waals surface area contributed by atoms with Crippen LogP contribution in [0.1, 0.15) is 56.8 Å². The lowest BCUT2D eigenvalue weighted by Gasteiger charge is -2.40. The average Bonchev–Trinajstić information content (AvgIpc) is 2.99. The third kappa shape index (κ3) is 3.81. The largest absolute Gasteiger partial charge is 0.339 e. The second-order valence-electron chi connectivity index (χ2n) is 7.90. The number of nitrogens with one attached hydrogen (secondary N) is 1. The number of anilines is 1. The van der Waals surface area contributed by atoms with Crippen LogP contribution in [0.2, 0.25) is 0 Å². The molecule has 0 radical (unpaired) electrons. The second-order valence-corrected chi connectivity index (χ2v) is 7.90. The minimum atomic E-state index is -0.306. The quantitative estimate of drug-likeness (QED) is 0.840. The van der Waals surface area contributed by atoms with E-state index >= 15 is 0 Å². The predicted molar refractivity (Wildman–Crippen MR) is 101 cm³/mol. The Morgan fingerprint density at radius 1 is 1.12 bits per heavy atom. The molecule has 26 heavy (non-hydrogen) atoms. The van der Waals surface area contributed by atoms with Crippen LogP contribution in [0, 0.1) is 17.8 Å². The van der Waals surface area contributed by atoms with Gasteiger partial charge in [-0.1, -0.05) is 26.7 Å². The molecule has 1 aliphatic heterocycles. The highest BCUT2D eigenvalue weighted by atomic mass is 16.2. The summed E-state index contributed by atoms with van der Waals surface area (Å²) in [5.41, 5.74) is 1.27. The molecule has 1 aliphatic carbocycles. The Labute approximate surface area is 155 Å². The summed E-state index contributed by atoms with van der Waals surface area (Å²) in [4.78, 5) is 38.4. The number of likely N-dealkylation sites (tertiary alicyclic amines) is 1. The molecule has 4 atom stereocenters. The first-order chi connectivity index (χ1) is 12.4. The number of benzene rings is 1. The van der Waals surface area contributed by atoms with Gasteiger partial charge >= 0.3 is 0 Å². The molecule has 1 heterocycles. The molecule has 5 nitrogen and oxygen atoms in total. The number of Topliss-reactive ketones (excluding diaryl/α,β-unsaturated/α-hetero) is 1. The van der Waals surface area contributed by atoms with E-state index < -0.39 is 0 Å². The molecule has 3 rings (SSSR count). The first kappa shape index (κ1) is 18.6. The number of nitrogens with zero attached hydrogens (tertiary/aromatic N) is 1. The summed E-state index contributed by atoms with van der Waals surface area (Å²) >= 11 is 0. The van der Waals surface area contributed by atoms with E-state index in [-0.39, 0.29) is 36.0 Å². The zero-order chi connectivity index (χ0) is 18.8. The maximum absolute atomic E-state index is 12.6. The van der Waals surface area contributed by atoms with Crippen molar-refractivity contribution in [2.75, 3.05) is 11.9 Å². The highest BCUT2D eigenvalue weighted by Crippen LogP contribution is 2.35. The third-order valence-corrected chi connectivity index (χ3v) is 6.15. The summed E-state index contributed by atoms with van der Waals surface area (Å²) < 4.78 is 0. The van der Waals surface area contributed by atoms with Gasteiger partial charge in [0, 0.05) is 30.3 Å². The fraction of sp³-hybridized carbons (Fsp3) is 0.571. The van der Waals surface area contributed by atoms with Gasteiger partial charge in [0.15, 0.2) is 5.78 Å². The summed E-state index contributed by atoms with van der Waals surface area (Å²) in [5, 5.41) is 2.88. The van der Waals surface area contributed by atoms with Crippen LogP contribution in [-0.4, -0.2) is 35.1 Å². The molecule has 0 unspecified atom stereocenters. The van der Waals surface area contributed by atoms with Crippen LogP contribution >= 0.6 is 0 Å². The van der Waals surface area contributed by atoms with Crippen LogP contribution < -0.4 is 5.32 Å². The van der Waals surface area contributed by atoms with Crippen LogP contribution in [0.15, 0.2) is 24.3 Å². The van der Waals surface area contributed by atoms with Gasteiger partial charge in [-0.3, -0.25) is 14.4 Å². The van der Waals surface area contributed by atoms with Gasteiger partial charge in [-0.15, -0.1) is 0 Å². The molecule has 1 N–H and O–H groups in total. The first-order valence-electron chi connectivity index (χ1n) is 9.58. The average molecular weight is 356 g/mol. The Balaban J connectivity index is 1.62. The van der Waals surface area contributed by atoms with Gasteiger partial charge in [0.05, 0.1) is 5.92 Å². The van der Waals surface area contributed by atoms with Crippen LogP contribution in [0.25, 0.3) is 0 Å². The number of ketones is 1. The molecule has 1 saturated heterocycles. The molecule has 140 valence electrons. The SMILES string of the molecule is CC(=O)c1ccc(NC(=O)[C@@H]2CC(=O)N([C@@H]3CCC[C@H](C)[C@H]3C)C2)cc1. The molecular weight excluding hydrogens is 328 g/mol. The number of hydrogen-bond acceptors (Lipinski definition) is 3. The van der Waals surface area contributed by atoms with Gasteiger partial charge in [-0.25, -0.2) is 0 Å². The van der Waals surface area contributed by atoms with Gasteiger partial charge in [-0.05, 0) is 49.4 Å². The van der Waals surface area contributed by atoms with Crippen molar-refractivity contribution in [3.63, 3.8) is 0 Å². The summed E-state index contributed by atoms with van der Waals surface area (Å²) in [6.45, 7) is 6.51. The fourth-order valence-electron chi connectivity index (χ4n) is 4.25. The molecule has 2 amide bonds. The molecule has 1 aromatic rings. The fourth-order valence-corrected chi connectivity index (χ4v) is 4.25. The lowest BCUT2D eigenvalue weighted by molar-refractivity contribution is -0.131. The highest BCUT2D eigenvalue weighted by molar-refractivity contribution is 5.98. The van der Waals surface area contributed by atoms with E-state index in [4.69, 9.17) is 0 Å². The zero-order valence-electron chi connectivity index (χ0n) is 15.8. The smallest absolute Gasteiger partial charge is 0.229 e. The number of hydrogen-bond donors (Lipinski definition) is 1. The molecule has 0 bridgehead atoms. The van der Waals surface area contributed by atoms with E-state index in [1.54, 1.807) is 24.3 Å². The molecule has 2 aliphatic rings. The molecule has 1 aromatic carbocycles. The standard InChI is InChI=1S/C21H28N2O3/c1-13-5-4-6-19(14(13)2)23-12-17(11-20(23)25)21(26)22-18-9-7-16(8-10-18)15(3)24/h7-10,13-14,17,19H,4-6,11-12H2,1-3H3,(H,22,26)/t13-,14+,17+,19+/m0/s1. The summed E-state index contributed by atoms with van der Waals surface area (Å²) in [6.07, 6.45) is 3.70. The van der Waals surface area contributed by atoms with E-state index in [1.165, 1.54) is 13.3 Å². The summed E-state index contributed by atoms with van der Waals surface area (Å²) in [7, 11) is 0. The van der Waals surface area contributed by atoms with E-state index in [0.717, 1.165) is 12.8 Å². The van der Waals surface area contributed by atoms with Gasteiger partial charge < -0.3 is 10.2 Å². The van der Waals surface area contributed by atoms with Crippen LogP contribution in [0.4, 0.5) is 5.69 Å². The Bertz CT molecular complexity index is 698. The Morgan fingerprint density at radius 2 is 1.81 bits per heavy atom. The first-order valence-corrected chi connectivity index (χ1v) is 9.58. The van der Waals surface area contributed by atoms with E-state index in [1.807, 2.05) is 4.90 Å². The van der Waals surface area contributed by atoms with Crippen molar-refractivity contribution >= 4 is 23.3 Å². The summed E-state index contributed by atoms with van der Waals surface area (Å²) in [5.74, 6) is 0.772. The van der Waals surface area contributed by atoms with Gasteiger partial charge in [-0.2, -0.15) is 0 Å².